The first-order chi connectivity index (χ1) is 9.76. The summed E-state index contributed by atoms with van der Waals surface area (Å²) in [6.07, 6.45) is 16.6. The largest absolute Gasteiger partial charge is 0.343 e. The molecule has 0 unspecified atom stereocenters. The Balaban J connectivity index is 3.32. The Labute approximate surface area is 126 Å². The molecule has 0 aliphatic carbocycles. The molecular formula is C18H35NO. The van der Waals surface area contributed by atoms with Gasteiger partial charge in [-0.3, -0.25) is 4.79 Å². The summed E-state index contributed by atoms with van der Waals surface area (Å²) in [4.78, 5) is 13.7. The highest BCUT2D eigenvalue weighted by atomic mass is 16.2. The van der Waals surface area contributed by atoms with Crippen LogP contribution in [0.25, 0.3) is 0 Å². The van der Waals surface area contributed by atoms with Gasteiger partial charge in [0.05, 0.1) is 0 Å². The minimum atomic E-state index is 0.328. The van der Waals surface area contributed by atoms with E-state index in [-0.39, 0.29) is 0 Å². The summed E-state index contributed by atoms with van der Waals surface area (Å²) in [5, 5.41) is 0. The lowest BCUT2D eigenvalue weighted by atomic mass is 10.1. The average molecular weight is 281 g/mol. The molecular weight excluding hydrogens is 246 g/mol. The summed E-state index contributed by atoms with van der Waals surface area (Å²) in [5.41, 5.74) is 0. The molecule has 0 aliphatic heterocycles. The van der Waals surface area contributed by atoms with E-state index in [1.807, 2.05) is 4.90 Å². The maximum atomic E-state index is 11.8. The monoisotopic (exact) mass is 281 g/mol. The molecule has 2 nitrogen and oxygen atoms in total. The second kappa shape index (κ2) is 14.6. The van der Waals surface area contributed by atoms with E-state index in [0.717, 1.165) is 25.9 Å². The van der Waals surface area contributed by atoms with Crippen LogP contribution in [0, 0.1) is 0 Å². The fraction of sp³-hybridized carbons (Fsp3) is 0.833. The molecule has 0 radical (unpaired) electrons. The number of amides is 1. The number of rotatable bonds is 13. The van der Waals surface area contributed by atoms with Crippen LogP contribution in [0.4, 0.5) is 0 Å². The summed E-state index contributed by atoms with van der Waals surface area (Å²) in [6.45, 7) is 8.03. The van der Waals surface area contributed by atoms with E-state index in [1.165, 1.54) is 51.4 Å². The van der Waals surface area contributed by atoms with Crippen LogP contribution in [0.3, 0.4) is 0 Å². The van der Waals surface area contributed by atoms with E-state index in [1.54, 1.807) is 0 Å². The molecule has 0 aromatic heterocycles. The van der Waals surface area contributed by atoms with Crippen molar-refractivity contribution in [2.75, 3.05) is 13.1 Å². The van der Waals surface area contributed by atoms with Gasteiger partial charge in [0.25, 0.3) is 0 Å². The first-order valence-corrected chi connectivity index (χ1v) is 8.68. The number of allylic oxidation sites excluding steroid dienone is 2. The molecule has 0 spiro atoms. The van der Waals surface area contributed by atoms with Gasteiger partial charge in [0.1, 0.15) is 0 Å². The number of nitrogens with zero attached hydrogens (tertiary/aromatic N) is 1. The zero-order chi connectivity index (χ0) is 15.1. The summed E-state index contributed by atoms with van der Waals surface area (Å²) in [5.74, 6) is 0.328. The molecule has 2 heteroatoms. The number of hydrogen-bond donors (Lipinski definition) is 0. The van der Waals surface area contributed by atoms with Crippen molar-refractivity contribution in [3.05, 3.63) is 12.2 Å². The fourth-order valence-corrected chi connectivity index (χ4v) is 2.36. The Hall–Kier alpha value is -0.790. The Morgan fingerprint density at radius 3 is 1.95 bits per heavy atom. The van der Waals surface area contributed by atoms with Crippen LogP contribution in [0.1, 0.15) is 85.0 Å². The van der Waals surface area contributed by atoms with E-state index in [9.17, 15) is 4.79 Å². The van der Waals surface area contributed by atoms with Crippen LogP contribution in [0.5, 0.6) is 0 Å². The molecule has 1 amide bonds. The van der Waals surface area contributed by atoms with Crippen molar-refractivity contribution in [3.63, 3.8) is 0 Å². The third kappa shape index (κ3) is 11.1. The molecule has 0 aromatic rings. The molecule has 0 rings (SSSR count). The van der Waals surface area contributed by atoms with Crippen molar-refractivity contribution in [1.29, 1.82) is 0 Å². The van der Waals surface area contributed by atoms with Gasteiger partial charge in [0.2, 0.25) is 5.91 Å². The van der Waals surface area contributed by atoms with Crippen molar-refractivity contribution in [3.8, 4) is 0 Å². The summed E-state index contributed by atoms with van der Waals surface area (Å²) < 4.78 is 0. The van der Waals surface area contributed by atoms with Gasteiger partial charge in [-0.15, -0.1) is 0 Å². The van der Waals surface area contributed by atoms with Gasteiger partial charge in [0, 0.05) is 19.5 Å². The van der Waals surface area contributed by atoms with Crippen molar-refractivity contribution in [1.82, 2.24) is 4.90 Å². The van der Waals surface area contributed by atoms with Crippen LogP contribution < -0.4 is 0 Å². The maximum Gasteiger partial charge on any atom is 0.222 e. The van der Waals surface area contributed by atoms with Gasteiger partial charge < -0.3 is 4.90 Å². The molecule has 0 aliphatic rings. The van der Waals surface area contributed by atoms with E-state index in [0.29, 0.717) is 5.91 Å². The topological polar surface area (TPSA) is 20.3 Å². The summed E-state index contributed by atoms with van der Waals surface area (Å²) >= 11 is 0. The zero-order valence-electron chi connectivity index (χ0n) is 14.0. The fourth-order valence-electron chi connectivity index (χ4n) is 2.36. The third-order valence-corrected chi connectivity index (χ3v) is 3.77. The number of carbonyl (C=O) groups is 1. The second-order valence-electron chi connectivity index (χ2n) is 5.49. The van der Waals surface area contributed by atoms with Gasteiger partial charge in [-0.25, -0.2) is 0 Å². The number of carbonyl (C=O) groups excluding carboxylic acids is 1. The van der Waals surface area contributed by atoms with Crippen molar-refractivity contribution in [2.45, 2.75) is 85.0 Å². The predicted octanol–water partition coefficient (Wildman–Crippen LogP) is 5.33. The summed E-state index contributed by atoms with van der Waals surface area (Å²) in [6, 6.07) is 0. The molecule has 0 bridgehead atoms. The van der Waals surface area contributed by atoms with Crippen LogP contribution in [-0.4, -0.2) is 23.9 Å². The standard InChI is InChI=1S/C18H35NO/c1-4-7-8-9-10-11-12-13-14-15-16-17-18(20)19(5-2)6-3/h9-10H,4-8,11-17H2,1-3H3/b10-9+. The molecule has 0 N–H and O–H groups in total. The quantitative estimate of drug-likeness (QED) is 0.330. The first-order valence-electron chi connectivity index (χ1n) is 8.68. The van der Waals surface area contributed by atoms with Gasteiger partial charge in [-0.2, -0.15) is 0 Å². The van der Waals surface area contributed by atoms with Gasteiger partial charge >= 0.3 is 0 Å². The van der Waals surface area contributed by atoms with Gasteiger partial charge in [-0.1, -0.05) is 51.2 Å². The maximum absolute atomic E-state index is 11.8. The van der Waals surface area contributed by atoms with E-state index >= 15 is 0 Å². The minimum absolute atomic E-state index is 0.328. The zero-order valence-corrected chi connectivity index (χ0v) is 14.0. The molecule has 0 fully saturated rings. The smallest absolute Gasteiger partial charge is 0.222 e. The highest BCUT2D eigenvalue weighted by Gasteiger charge is 2.07. The lowest BCUT2D eigenvalue weighted by molar-refractivity contribution is -0.130. The Kier molecular flexibility index (Phi) is 14.0. The molecule has 0 heterocycles. The number of unbranched alkanes of at least 4 members (excludes halogenated alkanes) is 7. The van der Waals surface area contributed by atoms with Crippen LogP contribution >= 0.6 is 0 Å². The predicted molar refractivity (Wildman–Crippen MR) is 88.9 cm³/mol. The Morgan fingerprint density at radius 2 is 1.35 bits per heavy atom. The minimum Gasteiger partial charge on any atom is -0.343 e. The highest BCUT2D eigenvalue weighted by molar-refractivity contribution is 5.75. The van der Waals surface area contributed by atoms with Crippen molar-refractivity contribution >= 4 is 5.91 Å². The average Bonchev–Trinajstić information content (AvgIpc) is 2.46. The van der Waals surface area contributed by atoms with E-state index in [4.69, 9.17) is 0 Å². The van der Waals surface area contributed by atoms with Crippen molar-refractivity contribution in [2.24, 2.45) is 0 Å². The molecule has 0 saturated carbocycles. The SMILES string of the molecule is CCCC/C=C/CCCCCCCC(=O)N(CC)CC. The van der Waals surface area contributed by atoms with Gasteiger partial charge in [0.15, 0.2) is 0 Å². The second-order valence-corrected chi connectivity index (χ2v) is 5.49. The molecule has 20 heavy (non-hydrogen) atoms. The molecule has 0 atom stereocenters. The lowest BCUT2D eigenvalue weighted by Gasteiger charge is -2.18. The first kappa shape index (κ1) is 19.2. The third-order valence-electron chi connectivity index (χ3n) is 3.77. The highest BCUT2D eigenvalue weighted by Crippen LogP contribution is 2.09. The van der Waals surface area contributed by atoms with E-state index < -0.39 is 0 Å². The lowest BCUT2D eigenvalue weighted by Crippen LogP contribution is -2.30. The Bertz CT molecular complexity index is 244. The normalized spacial score (nSPS) is 11.2. The van der Waals surface area contributed by atoms with Crippen LogP contribution in [-0.2, 0) is 4.79 Å². The summed E-state index contributed by atoms with van der Waals surface area (Å²) in [7, 11) is 0. The van der Waals surface area contributed by atoms with Gasteiger partial charge in [-0.05, 0) is 39.5 Å². The van der Waals surface area contributed by atoms with Crippen LogP contribution in [0.2, 0.25) is 0 Å². The Morgan fingerprint density at radius 1 is 0.800 bits per heavy atom. The molecule has 118 valence electrons. The molecule has 0 aromatic carbocycles. The van der Waals surface area contributed by atoms with Crippen LogP contribution in [0.15, 0.2) is 12.2 Å². The number of hydrogen-bond acceptors (Lipinski definition) is 1. The van der Waals surface area contributed by atoms with E-state index in [2.05, 4.69) is 32.9 Å². The molecule has 0 saturated heterocycles. The van der Waals surface area contributed by atoms with Crippen molar-refractivity contribution < 1.29 is 4.79 Å².